The molecule has 0 aliphatic carbocycles. The van der Waals surface area contributed by atoms with E-state index in [0.29, 0.717) is 11.4 Å². The van der Waals surface area contributed by atoms with E-state index in [0.717, 1.165) is 5.56 Å². The Bertz CT molecular complexity index is 689. The minimum atomic E-state index is -0.471. The van der Waals surface area contributed by atoms with Crippen molar-refractivity contribution in [2.24, 2.45) is 0 Å². The number of nitrogens with zero attached hydrogens (tertiary/aromatic N) is 1. The Balaban J connectivity index is 2.10. The van der Waals surface area contributed by atoms with Gasteiger partial charge in [-0.3, -0.25) is 10.1 Å². The number of halogens is 1. The number of benzene rings is 2. The van der Waals surface area contributed by atoms with Crippen molar-refractivity contribution in [1.29, 1.82) is 0 Å². The number of hydrogen-bond acceptors (Lipinski definition) is 3. The second-order valence-corrected chi connectivity index (χ2v) is 4.75. The number of nitro benzene ring substituents is 1. The fourth-order valence-electron chi connectivity index (χ4n) is 1.68. The molecule has 0 radical (unpaired) electrons. The van der Waals surface area contributed by atoms with Crippen molar-refractivity contribution in [3.05, 3.63) is 64.0 Å². The first-order chi connectivity index (χ1) is 9.95. The number of nitro groups is 1. The van der Waals surface area contributed by atoms with E-state index in [9.17, 15) is 14.5 Å². The molecular weight excluding hydrogens is 293 g/mol. The normalized spacial score (nSPS) is 10.0. The summed E-state index contributed by atoms with van der Waals surface area (Å²) in [6, 6.07) is 10.2. The van der Waals surface area contributed by atoms with Crippen molar-refractivity contribution in [2.45, 2.75) is 6.92 Å². The summed E-state index contributed by atoms with van der Waals surface area (Å²) >= 11 is 5.13. The van der Waals surface area contributed by atoms with Crippen LogP contribution in [-0.4, -0.2) is 10.0 Å². The van der Waals surface area contributed by atoms with Gasteiger partial charge in [-0.15, -0.1) is 0 Å². The van der Waals surface area contributed by atoms with Gasteiger partial charge in [0, 0.05) is 23.5 Å². The lowest BCUT2D eigenvalue weighted by atomic mass is 10.2. The molecule has 0 fully saturated rings. The van der Waals surface area contributed by atoms with Gasteiger partial charge >= 0.3 is 0 Å². The van der Waals surface area contributed by atoms with Gasteiger partial charge in [-0.1, -0.05) is 6.07 Å². The van der Waals surface area contributed by atoms with Crippen LogP contribution in [0.3, 0.4) is 0 Å². The van der Waals surface area contributed by atoms with Gasteiger partial charge in [0.2, 0.25) is 0 Å². The molecule has 2 aromatic rings. The van der Waals surface area contributed by atoms with Crippen LogP contribution in [-0.2, 0) is 0 Å². The maximum absolute atomic E-state index is 12.8. The maximum Gasteiger partial charge on any atom is 0.271 e. The lowest BCUT2D eigenvalue weighted by Crippen LogP contribution is -2.19. The molecule has 0 unspecified atom stereocenters. The third-order valence-electron chi connectivity index (χ3n) is 2.78. The zero-order valence-corrected chi connectivity index (χ0v) is 11.9. The predicted molar refractivity (Wildman–Crippen MR) is 84.1 cm³/mol. The van der Waals surface area contributed by atoms with E-state index in [2.05, 4.69) is 10.6 Å². The van der Waals surface area contributed by atoms with Crippen LogP contribution < -0.4 is 10.6 Å². The summed E-state index contributed by atoms with van der Waals surface area (Å²) in [6.07, 6.45) is 0. The Labute approximate surface area is 125 Å². The first-order valence-corrected chi connectivity index (χ1v) is 6.45. The van der Waals surface area contributed by atoms with Gasteiger partial charge in [0.1, 0.15) is 5.82 Å². The van der Waals surface area contributed by atoms with Crippen LogP contribution in [0.15, 0.2) is 42.5 Å². The van der Waals surface area contributed by atoms with Gasteiger partial charge in [-0.2, -0.15) is 0 Å². The quantitative estimate of drug-likeness (QED) is 0.512. The molecule has 0 saturated heterocycles. The highest BCUT2D eigenvalue weighted by molar-refractivity contribution is 7.80. The van der Waals surface area contributed by atoms with Gasteiger partial charge in [0.15, 0.2) is 5.11 Å². The number of non-ortho nitro benzene ring substituents is 1. The van der Waals surface area contributed by atoms with Crippen LogP contribution in [0.25, 0.3) is 0 Å². The monoisotopic (exact) mass is 305 g/mol. The highest BCUT2D eigenvalue weighted by atomic mass is 32.1. The first kappa shape index (κ1) is 14.9. The summed E-state index contributed by atoms with van der Waals surface area (Å²) in [6.45, 7) is 1.81. The highest BCUT2D eigenvalue weighted by Crippen LogP contribution is 2.22. The SMILES string of the molecule is Cc1ccc([N+](=O)[O-])cc1NC(=S)Nc1ccc(F)cc1. The smallest absolute Gasteiger partial charge is 0.271 e. The third-order valence-corrected chi connectivity index (χ3v) is 2.99. The Hall–Kier alpha value is -2.54. The van der Waals surface area contributed by atoms with Crippen molar-refractivity contribution < 1.29 is 9.31 Å². The van der Waals surface area contributed by atoms with Gasteiger partial charge in [0.05, 0.1) is 4.92 Å². The van der Waals surface area contributed by atoms with E-state index < -0.39 is 4.92 Å². The molecular formula is C14H12FN3O2S. The summed E-state index contributed by atoms with van der Waals surface area (Å²) in [4.78, 5) is 10.3. The number of aryl methyl sites for hydroxylation is 1. The summed E-state index contributed by atoms with van der Waals surface area (Å²) in [5.74, 6) is -0.339. The number of nitrogens with one attached hydrogen (secondary N) is 2. The average molecular weight is 305 g/mol. The molecule has 2 rings (SSSR count). The van der Waals surface area contributed by atoms with Crippen molar-refractivity contribution in [2.75, 3.05) is 10.6 Å². The Morgan fingerprint density at radius 1 is 1.19 bits per heavy atom. The molecule has 108 valence electrons. The van der Waals surface area contributed by atoms with E-state index in [4.69, 9.17) is 12.2 Å². The number of rotatable bonds is 3. The van der Waals surface area contributed by atoms with Gasteiger partial charge < -0.3 is 10.6 Å². The molecule has 0 aromatic heterocycles. The molecule has 0 amide bonds. The summed E-state index contributed by atoms with van der Waals surface area (Å²) in [5.41, 5.74) is 1.97. The van der Waals surface area contributed by atoms with Gasteiger partial charge in [-0.25, -0.2) is 4.39 Å². The molecule has 2 aromatic carbocycles. The van der Waals surface area contributed by atoms with E-state index >= 15 is 0 Å². The summed E-state index contributed by atoms with van der Waals surface area (Å²) in [7, 11) is 0. The van der Waals surface area contributed by atoms with Gasteiger partial charge in [-0.05, 0) is 49.0 Å². The largest absolute Gasteiger partial charge is 0.332 e. The van der Waals surface area contributed by atoms with Crippen LogP contribution in [0.1, 0.15) is 5.56 Å². The van der Waals surface area contributed by atoms with Crippen molar-refractivity contribution >= 4 is 34.4 Å². The van der Waals surface area contributed by atoms with Gasteiger partial charge in [0.25, 0.3) is 5.69 Å². The minimum Gasteiger partial charge on any atom is -0.332 e. The van der Waals surface area contributed by atoms with Crippen LogP contribution in [0.5, 0.6) is 0 Å². The summed E-state index contributed by atoms with van der Waals surface area (Å²) < 4.78 is 12.8. The number of hydrogen-bond donors (Lipinski definition) is 2. The van der Waals surface area contributed by atoms with Crippen LogP contribution in [0, 0.1) is 22.9 Å². The van der Waals surface area contributed by atoms with E-state index in [-0.39, 0.29) is 16.6 Å². The second-order valence-electron chi connectivity index (χ2n) is 4.34. The number of thiocarbonyl (C=S) groups is 1. The van der Waals surface area contributed by atoms with Crippen molar-refractivity contribution in [3.63, 3.8) is 0 Å². The van der Waals surface area contributed by atoms with Crippen LogP contribution in [0.2, 0.25) is 0 Å². The molecule has 0 saturated carbocycles. The molecule has 0 spiro atoms. The molecule has 5 nitrogen and oxygen atoms in total. The minimum absolute atomic E-state index is 0.0207. The van der Waals surface area contributed by atoms with E-state index in [1.54, 1.807) is 18.2 Å². The number of anilines is 2. The zero-order chi connectivity index (χ0) is 15.4. The first-order valence-electron chi connectivity index (χ1n) is 6.04. The van der Waals surface area contributed by atoms with Crippen LogP contribution >= 0.6 is 12.2 Å². The molecule has 0 aliphatic rings. The topological polar surface area (TPSA) is 67.2 Å². The summed E-state index contributed by atoms with van der Waals surface area (Å²) in [5, 5.41) is 16.8. The Kier molecular flexibility index (Phi) is 4.44. The molecule has 0 atom stereocenters. The predicted octanol–water partition coefficient (Wildman–Crippen LogP) is 3.85. The fraction of sp³-hybridized carbons (Fsp3) is 0.0714. The van der Waals surface area contributed by atoms with Crippen molar-refractivity contribution in [3.8, 4) is 0 Å². The molecule has 21 heavy (non-hydrogen) atoms. The third kappa shape index (κ3) is 3.96. The fourth-order valence-corrected chi connectivity index (χ4v) is 1.90. The second kappa shape index (κ2) is 6.27. The standard InChI is InChI=1S/C14H12FN3O2S/c1-9-2-7-12(18(19)20)8-13(9)17-14(21)16-11-5-3-10(15)4-6-11/h2-8H,1H3,(H2,16,17,21). The molecule has 0 aliphatic heterocycles. The Morgan fingerprint density at radius 2 is 1.86 bits per heavy atom. The maximum atomic E-state index is 12.8. The molecule has 0 bridgehead atoms. The molecule has 7 heteroatoms. The lowest BCUT2D eigenvalue weighted by molar-refractivity contribution is -0.384. The molecule has 2 N–H and O–H groups in total. The Morgan fingerprint density at radius 3 is 2.48 bits per heavy atom. The zero-order valence-electron chi connectivity index (χ0n) is 11.1. The van der Waals surface area contributed by atoms with Crippen molar-refractivity contribution in [1.82, 2.24) is 0 Å². The van der Waals surface area contributed by atoms with E-state index in [1.807, 2.05) is 6.92 Å². The van der Waals surface area contributed by atoms with E-state index in [1.165, 1.54) is 24.3 Å². The average Bonchev–Trinajstić information content (AvgIpc) is 2.43. The highest BCUT2D eigenvalue weighted by Gasteiger charge is 2.09. The molecule has 0 heterocycles. The van der Waals surface area contributed by atoms with Crippen LogP contribution in [0.4, 0.5) is 21.5 Å². The lowest BCUT2D eigenvalue weighted by Gasteiger charge is -2.12.